The quantitative estimate of drug-likeness (QED) is 0.737. The number of hydrogen-bond acceptors (Lipinski definition) is 3. The molecule has 4 amide bonds. The summed E-state index contributed by atoms with van der Waals surface area (Å²) in [4.78, 5) is 37.6. The van der Waals surface area contributed by atoms with Crippen molar-refractivity contribution in [2.45, 2.75) is 58.0 Å². The van der Waals surface area contributed by atoms with Crippen molar-refractivity contribution in [3.63, 3.8) is 0 Å². The molecule has 0 radical (unpaired) electrons. The van der Waals surface area contributed by atoms with Crippen molar-refractivity contribution in [3.8, 4) is 0 Å². The molecule has 0 bridgehead atoms. The maximum absolute atomic E-state index is 12.4. The Hall–Kier alpha value is -2.37. The van der Waals surface area contributed by atoms with Crippen molar-refractivity contribution in [1.29, 1.82) is 0 Å². The van der Waals surface area contributed by atoms with Gasteiger partial charge in [-0.3, -0.25) is 14.5 Å². The van der Waals surface area contributed by atoms with Crippen LogP contribution in [0.25, 0.3) is 0 Å². The van der Waals surface area contributed by atoms with E-state index in [9.17, 15) is 14.4 Å². The average Bonchev–Trinajstić information content (AvgIpc) is 3.38. The van der Waals surface area contributed by atoms with Gasteiger partial charge in [0, 0.05) is 13.0 Å². The molecule has 0 aromatic heterocycles. The number of aryl methyl sites for hydroxylation is 1. The second kappa shape index (κ2) is 7.09. The van der Waals surface area contributed by atoms with E-state index in [1.807, 2.05) is 6.92 Å². The first kappa shape index (κ1) is 18.4. The van der Waals surface area contributed by atoms with Crippen molar-refractivity contribution >= 4 is 17.8 Å². The zero-order valence-electron chi connectivity index (χ0n) is 15.7. The lowest BCUT2D eigenvalue weighted by Crippen LogP contribution is -2.40. The third-order valence-corrected chi connectivity index (χ3v) is 5.08. The standard InChI is InChI=1S/C20H27N3O3/c1-13-6-8-14(9-7-13)17(15-10-11-15)21-16(24)5-4-12-23-18(25)20(2,3)22-19(23)26/h6-9,15,17H,4-5,10-12H2,1-3H3,(H,21,24)(H,22,26)/t17-/m0/s1. The van der Waals surface area contributed by atoms with E-state index < -0.39 is 5.54 Å². The Bertz CT molecular complexity index is 708. The van der Waals surface area contributed by atoms with E-state index in [1.165, 1.54) is 10.5 Å². The summed E-state index contributed by atoms with van der Waals surface area (Å²) in [7, 11) is 0. The van der Waals surface area contributed by atoms with Gasteiger partial charge in [0.1, 0.15) is 5.54 Å². The summed E-state index contributed by atoms with van der Waals surface area (Å²) >= 11 is 0. The molecule has 6 heteroatoms. The van der Waals surface area contributed by atoms with Gasteiger partial charge in [-0.1, -0.05) is 29.8 Å². The van der Waals surface area contributed by atoms with Crippen LogP contribution in [0.2, 0.25) is 0 Å². The van der Waals surface area contributed by atoms with Gasteiger partial charge in [-0.15, -0.1) is 0 Å². The maximum atomic E-state index is 12.4. The molecule has 140 valence electrons. The highest BCUT2D eigenvalue weighted by Gasteiger charge is 2.43. The van der Waals surface area contributed by atoms with Crippen molar-refractivity contribution in [1.82, 2.24) is 15.5 Å². The number of nitrogens with zero attached hydrogens (tertiary/aromatic N) is 1. The van der Waals surface area contributed by atoms with Crippen LogP contribution in [0.5, 0.6) is 0 Å². The van der Waals surface area contributed by atoms with Crippen LogP contribution in [0.1, 0.15) is 56.7 Å². The van der Waals surface area contributed by atoms with E-state index in [4.69, 9.17) is 0 Å². The van der Waals surface area contributed by atoms with Crippen LogP contribution in [0.15, 0.2) is 24.3 Å². The number of rotatable bonds is 7. The minimum absolute atomic E-state index is 0.0335. The Balaban J connectivity index is 1.51. The Kier molecular flexibility index (Phi) is 5.03. The molecular weight excluding hydrogens is 330 g/mol. The third kappa shape index (κ3) is 4.06. The Morgan fingerprint density at radius 2 is 1.92 bits per heavy atom. The molecule has 1 aliphatic carbocycles. The van der Waals surface area contributed by atoms with Gasteiger partial charge >= 0.3 is 6.03 Å². The molecule has 1 saturated heterocycles. The van der Waals surface area contributed by atoms with Crippen molar-refractivity contribution in [3.05, 3.63) is 35.4 Å². The minimum Gasteiger partial charge on any atom is -0.349 e. The molecule has 6 nitrogen and oxygen atoms in total. The fourth-order valence-corrected chi connectivity index (χ4v) is 3.34. The number of carbonyl (C=O) groups excluding carboxylic acids is 3. The van der Waals surface area contributed by atoms with Gasteiger partial charge < -0.3 is 10.6 Å². The molecule has 2 aliphatic rings. The Morgan fingerprint density at radius 1 is 1.27 bits per heavy atom. The zero-order chi connectivity index (χ0) is 18.9. The van der Waals surface area contributed by atoms with E-state index in [0.717, 1.165) is 18.4 Å². The largest absolute Gasteiger partial charge is 0.349 e. The fraction of sp³-hybridized carbons (Fsp3) is 0.550. The van der Waals surface area contributed by atoms with Gasteiger partial charge in [-0.05, 0) is 51.5 Å². The second-order valence-corrected chi connectivity index (χ2v) is 7.91. The fourth-order valence-electron chi connectivity index (χ4n) is 3.34. The molecule has 0 unspecified atom stereocenters. The number of carbonyl (C=O) groups is 3. The molecule has 1 saturated carbocycles. The lowest BCUT2D eigenvalue weighted by atomic mass is 10.0. The maximum Gasteiger partial charge on any atom is 0.325 e. The van der Waals surface area contributed by atoms with E-state index in [1.54, 1.807) is 13.8 Å². The van der Waals surface area contributed by atoms with Crippen LogP contribution in [0, 0.1) is 12.8 Å². The molecule has 2 fully saturated rings. The lowest BCUT2D eigenvalue weighted by Gasteiger charge is -2.20. The van der Waals surface area contributed by atoms with Gasteiger partial charge in [-0.2, -0.15) is 0 Å². The summed E-state index contributed by atoms with van der Waals surface area (Å²) in [6.45, 7) is 5.68. The molecule has 1 aromatic carbocycles. The van der Waals surface area contributed by atoms with Crippen LogP contribution >= 0.6 is 0 Å². The highest BCUT2D eigenvalue weighted by Crippen LogP contribution is 2.41. The molecule has 1 aliphatic heterocycles. The zero-order valence-corrected chi connectivity index (χ0v) is 15.7. The normalized spacial score (nSPS) is 20.0. The summed E-state index contributed by atoms with van der Waals surface area (Å²) in [5, 5.41) is 5.79. The highest BCUT2D eigenvalue weighted by atomic mass is 16.2. The van der Waals surface area contributed by atoms with Crippen LogP contribution in [0.4, 0.5) is 4.79 Å². The summed E-state index contributed by atoms with van der Waals surface area (Å²) in [6.07, 6.45) is 3.03. The van der Waals surface area contributed by atoms with Crippen LogP contribution in [-0.2, 0) is 9.59 Å². The first-order valence-electron chi connectivity index (χ1n) is 9.28. The molecule has 26 heavy (non-hydrogen) atoms. The van der Waals surface area contributed by atoms with E-state index in [0.29, 0.717) is 18.8 Å². The predicted octanol–water partition coefficient (Wildman–Crippen LogP) is 2.67. The van der Waals surface area contributed by atoms with Gasteiger partial charge in [0.15, 0.2) is 0 Å². The van der Waals surface area contributed by atoms with E-state index >= 15 is 0 Å². The van der Waals surface area contributed by atoms with E-state index in [2.05, 4.69) is 34.9 Å². The summed E-state index contributed by atoms with van der Waals surface area (Å²) in [5.41, 5.74) is 1.48. The SMILES string of the molecule is Cc1ccc([C@H](NC(=O)CCCN2C(=O)NC(C)(C)C2=O)C2CC2)cc1. The molecule has 0 spiro atoms. The molecule has 1 atom stereocenters. The summed E-state index contributed by atoms with van der Waals surface area (Å²) in [5.74, 6) is 0.237. The highest BCUT2D eigenvalue weighted by molar-refractivity contribution is 6.06. The number of hydrogen-bond donors (Lipinski definition) is 2. The van der Waals surface area contributed by atoms with Gasteiger partial charge in [0.25, 0.3) is 5.91 Å². The van der Waals surface area contributed by atoms with Gasteiger partial charge in [-0.25, -0.2) is 4.79 Å². The van der Waals surface area contributed by atoms with Crippen molar-refractivity contribution in [2.75, 3.05) is 6.54 Å². The molecule has 2 N–H and O–H groups in total. The van der Waals surface area contributed by atoms with Gasteiger partial charge in [0.05, 0.1) is 6.04 Å². The predicted molar refractivity (Wildman–Crippen MR) is 98.3 cm³/mol. The first-order chi connectivity index (χ1) is 12.3. The molecule has 1 heterocycles. The third-order valence-electron chi connectivity index (χ3n) is 5.08. The van der Waals surface area contributed by atoms with Gasteiger partial charge in [0.2, 0.25) is 5.91 Å². The Labute approximate surface area is 154 Å². The smallest absolute Gasteiger partial charge is 0.325 e. The monoisotopic (exact) mass is 357 g/mol. The van der Waals surface area contributed by atoms with Crippen LogP contribution < -0.4 is 10.6 Å². The van der Waals surface area contributed by atoms with Crippen LogP contribution in [-0.4, -0.2) is 34.8 Å². The minimum atomic E-state index is -0.859. The summed E-state index contributed by atoms with van der Waals surface area (Å²) in [6, 6.07) is 7.96. The molecular formula is C20H27N3O3. The number of benzene rings is 1. The van der Waals surface area contributed by atoms with E-state index in [-0.39, 0.29) is 30.4 Å². The number of urea groups is 1. The average molecular weight is 357 g/mol. The number of nitrogens with one attached hydrogen (secondary N) is 2. The Morgan fingerprint density at radius 3 is 2.46 bits per heavy atom. The lowest BCUT2D eigenvalue weighted by molar-refractivity contribution is -0.130. The number of imide groups is 1. The topological polar surface area (TPSA) is 78.5 Å². The summed E-state index contributed by atoms with van der Waals surface area (Å²) < 4.78 is 0. The van der Waals surface area contributed by atoms with Crippen molar-refractivity contribution < 1.29 is 14.4 Å². The van der Waals surface area contributed by atoms with Crippen molar-refractivity contribution in [2.24, 2.45) is 5.92 Å². The number of amides is 4. The first-order valence-corrected chi connectivity index (χ1v) is 9.28. The molecule has 1 aromatic rings. The van der Waals surface area contributed by atoms with Crippen LogP contribution in [0.3, 0.4) is 0 Å². The molecule has 3 rings (SSSR count). The second-order valence-electron chi connectivity index (χ2n) is 7.91.